The molecule has 1 saturated carbocycles. The van der Waals surface area contributed by atoms with Gasteiger partial charge in [-0.05, 0) is 24.7 Å². The first kappa shape index (κ1) is 9.41. The van der Waals surface area contributed by atoms with Gasteiger partial charge in [0.15, 0.2) is 0 Å². The molecule has 0 spiro atoms. The molecule has 0 radical (unpaired) electrons. The number of ether oxygens (including phenoxy) is 1. The highest BCUT2D eigenvalue weighted by Gasteiger charge is 2.51. The molecule has 3 aliphatic carbocycles. The molecule has 0 amide bonds. The highest BCUT2D eigenvalue weighted by atomic mass is 16.5. The van der Waals surface area contributed by atoms with Gasteiger partial charge in [-0.1, -0.05) is 30.4 Å². The predicted molar refractivity (Wildman–Crippen MR) is 61.4 cm³/mol. The van der Waals surface area contributed by atoms with Gasteiger partial charge in [-0.25, -0.2) is 0 Å². The SMILES string of the molecule is C=CCOC1C2C=CC1[C@@H]1CC=CC[C@H]21. The molecular formula is C14H18O. The van der Waals surface area contributed by atoms with E-state index in [1.165, 1.54) is 12.8 Å². The van der Waals surface area contributed by atoms with Gasteiger partial charge >= 0.3 is 0 Å². The molecular weight excluding hydrogens is 184 g/mol. The molecule has 80 valence electrons. The van der Waals surface area contributed by atoms with Crippen molar-refractivity contribution in [3.63, 3.8) is 0 Å². The van der Waals surface area contributed by atoms with Gasteiger partial charge in [0, 0.05) is 11.8 Å². The van der Waals surface area contributed by atoms with Gasteiger partial charge in [0.05, 0.1) is 12.7 Å². The van der Waals surface area contributed by atoms with Crippen LogP contribution >= 0.6 is 0 Å². The molecule has 0 N–H and O–H groups in total. The minimum atomic E-state index is 0.442. The first-order chi connectivity index (χ1) is 7.42. The van der Waals surface area contributed by atoms with Crippen molar-refractivity contribution in [3.8, 4) is 0 Å². The first-order valence-corrected chi connectivity index (χ1v) is 5.97. The lowest BCUT2D eigenvalue weighted by Gasteiger charge is -2.28. The highest BCUT2D eigenvalue weighted by Crippen LogP contribution is 2.53. The van der Waals surface area contributed by atoms with Gasteiger partial charge in [-0.15, -0.1) is 6.58 Å². The number of fused-ring (bicyclic) bond motifs is 5. The lowest BCUT2D eigenvalue weighted by atomic mass is 9.76. The Balaban J connectivity index is 1.78. The Hall–Kier alpha value is -0.820. The molecule has 1 heteroatoms. The summed E-state index contributed by atoms with van der Waals surface area (Å²) in [6, 6.07) is 0. The summed E-state index contributed by atoms with van der Waals surface area (Å²) in [5.41, 5.74) is 0. The summed E-state index contributed by atoms with van der Waals surface area (Å²) in [6.45, 7) is 4.43. The van der Waals surface area contributed by atoms with Crippen LogP contribution in [-0.4, -0.2) is 12.7 Å². The van der Waals surface area contributed by atoms with E-state index in [1.807, 2.05) is 6.08 Å². The Kier molecular flexibility index (Phi) is 2.28. The van der Waals surface area contributed by atoms with E-state index >= 15 is 0 Å². The maximum Gasteiger partial charge on any atom is 0.0710 e. The van der Waals surface area contributed by atoms with Gasteiger partial charge in [0.2, 0.25) is 0 Å². The van der Waals surface area contributed by atoms with Crippen LogP contribution in [0.15, 0.2) is 37.0 Å². The third-order valence-electron chi connectivity index (χ3n) is 4.24. The zero-order chi connectivity index (χ0) is 10.3. The molecule has 2 bridgehead atoms. The Bertz CT molecular complexity index is 291. The van der Waals surface area contributed by atoms with Gasteiger partial charge in [-0.2, -0.15) is 0 Å². The maximum absolute atomic E-state index is 5.92. The van der Waals surface area contributed by atoms with E-state index in [0.717, 1.165) is 11.8 Å². The van der Waals surface area contributed by atoms with Crippen LogP contribution in [0, 0.1) is 23.7 Å². The molecule has 1 nitrogen and oxygen atoms in total. The first-order valence-electron chi connectivity index (χ1n) is 5.97. The molecule has 0 saturated heterocycles. The second-order valence-corrected chi connectivity index (χ2v) is 4.90. The number of hydrogen-bond acceptors (Lipinski definition) is 1. The van der Waals surface area contributed by atoms with E-state index in [-0.39, 0.29) is 0 Å². The summed E-state index contributed by atoms with van der Waals surface area (Å²) in [4.78, 5) is 0. The normalized spacial score (nSPS) is 45.7. The fraction of sp³-hybridized carbons (Fsp3) is 0.571. The second kappa shape index (κ2) is 3.64. The second-order valence-electron chi connectivity index (χ2n) is 4.90. The predicted octanol–water partition coefficient (Wildman–Crippen LogP) is 2.96. The average Bonchev–Trinajstić information content (AvgIpc) is 2.82. The topological polar surface area (TPSA) is 9.23 Å². The zero-order valence-electron chi connectivity index (χ0n) is 9.01. The Labute approximate surface area is 91.5 Å². The largest absolute Gasteiger partial charge is 0.373 e. The van der Waals surface area contributed by atoms with E-state index in [0.29, 0.717) is 24.5 Å². The molecule has 3 aliphatic rings. The Morgan fingerprint density at radius 3 is 2.27 bits per heavy atom. The van der Waals surface area contributed by atoms with E-state index < -0.39 is 0 Å². The molecule has 15 heavy (non-hydrogen) atoms. The van der Waals surface area contributed by atoms with Crippen LogP contribution in [0.1, 0.15) is 12.8 Å². The smallest absolute Gasteiger partial charge is 0.0710 e. The van der Waals surface area contributed by atoms with Gasteiger partial charge in [-0.3, -0.25) is 0 Å². The number of hydrogen-bond donors (Lipinski definition) is 0. The molecule has 1 fully saturated rings. The zero-order valence-corrected chi connectivity index (χ0v) is 9.01. The minimum Gasteiger partial charge on any atom is -0.373 e. The molecule has 0 aromatic carbocycles. The van der Waals surface area contributed by atoms with Gasteiger partial charge in [0.1, 0.15) is 0 Å². The molecule has 0 aliphatic heterocycles. The van der Waals surface area contributed by atoms with Crippen molar-refractivity contribution in [2.45, 2.75) is 18.9 Å². The fourth-order valence-electron chi connectivity index (χ4n) is 3.65. The third-order valence-corrected chi connectivity index (χ3v) is 4.24. The lowest BCUT2D eigenvalue weighted by molar-refractivity contribution is 0.0414. The average molecular weight is 202 g/mol. The Morgan fingerprint density at radius 2 is 1.73 bits per heavy atom. The summed E-state index contributed by atoms with van der Waals surface area (Å²) in [5.74, 6) is 3.04. The van der Waals surface area contributed by atoms with Gasteiger partial charge < -0.3 is 4.74 Å². The van der Waals surface area contributed by atoms with Crippen LogP contribution in [0.5, 0.6) is 0 Å². The van der Waals surface area contributed by atoms with Crippen LogP contribution < -0.4 is 0 Å². The number of rotatable bonds is 3. The molecule has 0 aromatic rings. The van der Waals surface area contributed by atoms with Gasteiger partial charge in [0.25, 0.3) is 0 Å². The Morgan fingerprint density at radius 1 is 1.13 bits per heavy atom. The molecule has 3 rings (SSSR count). The van der Waals surface area contributed by atoms with E-state index in [1.54, 1.807) is 0 Å². The summed E-state index contributed by atoms with van der Waals surface area (Å²) >= 11 is 0. The van der Waals surface area contributed by atoms with Crippen LogP contribution in [-0.2, 0) is 4.74 Å². The fourth-order valence-corrected chi connectivity index (χ4v) is 3.65. The van der Waals surface area contributed by atoms with Crippen LogP contribution in [0.25, 0.3) is 0 Å². The highest BCUT2D eigenvalue weighted by molar-refractivity contribution is 5.21. The van der Waals surface area contributed by atoms with E-state index in [9.17, 15) is 0 Å². The molecule has 5 atom stereocenters. The van der Waals surface area contributed by atoms with Crippen LogP contribution in [0.2, 0.25) is 0 Å². The molecule has 0 aromatic heterocycles. The van der Waals surface area contributed by atoms with E-state index in [2.05, 4.69) is 30.9 Å². The van der Waals surface area contributed by atoms with Crippen molar-refractivity contribution >= 4 is 0 Å². The lowest BCUT2D eigenvalue weighted by Crippen LogP contribution is -2.20. The minimum absolute atomic E-state index is 0.442. The summed E-state index contributed by atoms with van der Waals surface area (Å²) in [6.07, 6.45) is 14.3. The molecule has 0 heterocycles. The standard InChI is InChI=1S/C14H18O/c1-2-9-15-14-12-7-8-13(14)11-6-4-3-5-10(11)12/h2-4,7-8,10-14H,1,5-6,9H2/t10-,11+,12?,13?,14?. The van der Waals surface area contributed by atoms with Crippen molar-refractivity contribution in [1.82, 2.24) is 0 Å². The third kappa shape index (κ3) is 1.33. The van der Waals surface area contributed by atoms with Crippen LogP contribution in [0.3, 0.4) is 0 Å². The summed E-state index contributed by atoms with van der Waals surface area (Å²) < 4.78 is 5.92. The molecule has 3 unspecified atom stereocenters. The monoisotopic (exact) mass is 202 g/mol. The maximum atomic E-state index is 5.92. The summed E-state index contributed by atoms with van der Waals surface area (Å²) in [5, 5.41) is 0. The van der Waals surface area contributed by atoms with Crippen molar-refractivity contribution in [2.75, 3.05) is 6.61 Å². The van der Waals surface area contributed by atoms with Crippen molar-refractivity contribution in [3.05, 3.63) is 37.0 Å². The van der Waals surface area contributed by atoms with Crippen molar-refractivity contribution in [2.24, 2.45) is 23.7 Å². The quantitative estimate of drug-likeness (QED) is 0.639. The van der Waals surface area contributed by atoms with Crippen LogP contribution in [0.4, 0.5) is 0 Å². The van der Waals surface area contributed by atoms with Crippen molar-refractivity contribution < 1.29 is 4.74 Å². The van der Waals surface area contributed by atoms with Crippen molar-refractivity contribution in [1.29, 1.82) is 0 Å². The van der Waals surface area contributed by atoms with E-state index in [4.69, 9.17) is 4.74 Å². The number of allylic oxidation sites excluding steroid dienone is 2. The summed E-state index contributed by atoms with van der Waals surface area (Å²) in [7, 11) is 0.